The molecule has 1 aliphatic heterocycles. The van der Waals surface area contributed by atoms with Crippen molar-refractivity contribution >= 4 is 29.7 Å². The molecule has 0 spiro atoms. The Balaban J connectivity index is 1.81. The van der Waals surface area contributed by atoms with Crippen molar-refractivity contribution in [2.75, 3.05) is 18.8 Å². The van der Waals surface area contributed by atoms with Gasteiger partial charge in [-0.05, 0) is 17.7 Å². The molecule has 0 aromatic heterocycles. The Bertz CT molecular complexity index is 514. The minimum absolute atomic E-state index is 0.00734. The van der Waals surface area contributed by atoms with Crippen molar-refractivity contribution in [1.29, 1.82) is 0 Å². The number of imide groups is 1. The van der Waals surface area contributed by atoms with Gasteiger partial charge in [0.1, 0.15) is 0 Å². The van der Waals surface area contributed by atoms with E-state index in [9.17, 15) is 14.4 Å². The first kappa shape index (κ1) is 14.4. The van der Waals surface area contributed by atoms with Crippen molar-refractivity contribution < 1.29 is 19.5 Å². The molecule has 20 heavy (non-hydrogen) atoms. The fourth-order valence-electron chi connectivity index (χ4n) is 1.81. The Kier molecular flexibility index (Phi) is 4.62. The van der Waals surface area contributed by atoms with Crippen LogP contribution in [0.2, 0.25) is 0 Å². The van der Waals surface area contributed by atoms with Gasteiger partial charge in [-0.1, -0.05) is 12.1 Å². The number of urea groups is 1. The standard InChI is InChI=1S/C13H14N2O4S/c16-11-8-14-13(19)15(11)5-6-20-10-3-1-9(2-4-10)7-12(17)18/h1-4H,5-8H2,(H,14,19)(H,17,18). The topological polar surface area (TPSA) is 86.7 Å². The molecule has 0 saturated carbocycles. The zero-order valence-electron chi connectivity index (χ0n) is 10.7. The Morgan fingerprint density at radius 2 is 2.00 bits per heavy atom. The van der Waals surface area contributed by atoms with Crippen LogP contribution in [0.5, 0.6) is 0 Å². The van der Waals surface area contributed by atoms with E-state index in [4.69, 9.17) is 5.11 Å². The van der Waals surface area contributed by atoms with Gasteiger partial charge in [-0.3, -0.25) is 14.5 Å². The zero-order chi connectivity index (χ0) is 14.5. The lowest BCUT2D eigenvalue weighted by Gasteiger charge is -2.11. The van der Waals surface area contributed by atoms with Crippen molar-refractivity contribution in [3.05, 3.63) is 29.8 Å². The average Bonchev–Trinajstić information content (AvgIpc) is 2.72. The minimum Gasteiger partial charge on any atom is -0.481 e. The van der Waals surface area contributed by atoms with Crippen molar-refractivity contribution in [2.45, 2.75) is 11.3 Å². The quantitative estimate of drug-likeness (QED) is 0.603. The second-order valence-electron chi connectivity index (χ2n) is 4.27. The number of carboxylic acids is 1. The fraction of sp³-hybridized carbons (Fsp3) is 0.308. The highest BCUT2D eigenvalue weighted by Gasteiger charge is 2.27. The maximum atomic E-state index is 11.4. The molecule has 3 amide bonds. The van der Waals surface area contributed by atoms with Crippen molar-refractivity contribution in [3.8, 4) is 0 Å². The molecule has 0 bridgehead atoms. The van der Waals surface area contributed by atoms with E-state index in [0.717, 1.165) is 10.5 Å². The maximum absolute atomic E-state index is 11.4. The molecular formula is C13H14N2O4S. The molecule has 1 aromatic carbocycles. The van der Waals surface area contributed by atoms with Gasteiger partial charge < -0.3 is 10.4 Å². The first-order valence-electron chi connectivity index (χ1n) is 6.08. The summed E-state index contributed by atoms with van der Waals surface area (Å²) in [4.78, 5) is 35.4. The summed E-state index contributed by atoms with van der Waals surface area (Å²) in [6, 6.07) is 6.88. The van der Waals surface area contributed by atoms with Crippen LogP contribution in [0.4, 0.5) is 4.79 Å². The van der Waals surface area contributed by atoms with Crippen LogP contribution >= 0.6 is 11.8 Å². The summed E-state index contributed by atoms with van der Waals surface area (Å²) in [6.45, 7) is 0.444. The molecule has 0 atom stereocenters. The summed E-state index contributed by atoms with van der Waals surface area (Å²) in [5.41, 5.74) is 0.746. The first-order chi connectivity index (χ1) is 9.56. The number of rotatable bonds is 6. The number of hydrogen-bond acceptors (Lipinski definition) is 4. The van der Waals surface area contributed by atoms with E-state index in [1.54, 1.807) is 12.1 Å². The van der Waals surface area contributed by atoms with E-state index in [0.29, 0.717) is 12.3 Å². The molecule has 106 valence electrons. The van der Waals surface area contributed by atoms with Gasteiger partial charge in [0.15, 0.2) is 0 Å². The smallest absolute Gasteiger partial charge is 0.324 e. The third kappa shape index (κ3) is 3.74. The number of nitrogens with zero attached hydrogens (tertiary/aromatic N) is 1. The number of thioether (sulfide) groups is 1. The molecule has 0 radical (unpaired) electrons. The van der Waals surface area contributed by atoms with E-state index in [1.807, 2.05) is 12.1 Å². The van der Waals surface area contributed by atoms with Crippen LogP contribution in [0.25, 0.3) is 0 Å². The molecule has 2 N–H and O–H groups in total. The number of amides is 3. The Morgan fingerprint density at radius 3 is 2.55 bits per heavy atom. The van der Waals surface area contributed by atoms with Crippen LogP contribution in [0, 0.1) is 0 Å². The molecule has 7 heteroatoms. The zero-order valence-corrected chi connectivity index (χ0v) is 11.5. The lowest BCUT2D eigenvalue weighted by atomic mass is 10.2. The predicted octanol–water partition coefficient (Wildman–Crippen LogP) is 0.958. The predicted molar refractivity (Wildman–Crippen MR) is 73.6 cm³/mol. The van der Waals surface area contributed by atoms with E-state index >= 15 is 0 Å². The van der Waals surface area contributed by atoms with Crippen LogP contribution in [0.1, 0.15) is 5.56 Å². The van der Waals surface area contributed by atoms with Gasteiger partial charge in [-0.25, -0.2) is 4.79 Å². The molecule has 1 fully saturated rings. The lowest BCUT2D eigenvalue weighted by molar-refractivity contribution is -0.136. The highest BCUT2D eigenvalue weighted by molar-refractivity contribution is 7.99. The molecule has 2 rings (SSSR count). The highest BCUT2D eigenvalue weighted by Crippen LogP contribution is 2.19. The molecule has 0 unspecified atom stereocenters. The Labute approximate surface area is 120 Å². The summed E-state index contributed by atoms with van der Waals surface area (Å²) in [5, 5.41) is 11.1. The van der Waals surface area contributed by atoms with E-state index in [2.05, 4.69) is 5.32 Å². The summed E-state index contributed by atoms with van der Waals surface area (Å²) in [7, 11) is 0. The van der Waals surface area contributed by atoms with Crippen molar-refractivity contribution in [2.24, 2.45) is 0 Å². The summed E-state index contributed by atoms with van der Waals surface area (Å²) in [6.07, 6.45) is 0.00734. The number of hydrogen-bond donors (Lipinski definition) is 2. The number of aliphatic carboxylic acids is 1. The molecule has 1 aromatic rings. The first-order valence-corrected chi connectivity index (χ1v) is 7.06. The van der Waals surface area contributed by atoms with E-state index in [1.165, 1.54) is 16.7 Å². The Hall–Kier alpha value is -2.02. The minimum atomic E-state index is -0.857. The summed E-state index contributed by atoms with van der Waals surface area (Å²) < 4.78 is 0. The van der Waals surface area contributed by atoms with Crippen molar-refractivity contribution in [3.63, 3.8) is 0 Å². The fourth-order valence-corrected chi connectivity index (χ4v) is 2.65. The molecule has 6 nitrogen and oxygen atoms in total. The Morgan fingerprint density at radius 1 is 1.30 bits per heavy atom. The largest absolute Gasteiger partial charge is 0.481 e. The van der Waals surface area contributed by atoms with Gasteiger partial charge in [0.25, 0.3) is 0 Å². The van der Waals surface area contributed by atoms with Crippen LogP contribution in [-0.4, -0.2) is 46.8 Å². The number of nitrogens with one attached hydrogen (secondary N) is 1. The second kappa shape index (κ2) is 6.42. The van der Waals surface area contributed by atoms with Crippen LogP contribution in [0.15, 0.2) is 29.2 Å². The van der Waals surface area contributed by atoms with E-state index < -0.39 is 5.97 Å². The maximum Gasteiger partial charge on any atom is 0.324 e. The molecule has 1 aliphatic rings. The van der Waals surface area contributed by atoms with Gasteiger partial charge in [0.2, 0.25) is 5.91 Å². The van der Waals surface area contributed by atoms with Gasteiger partial charge in [0.05, 0.1) is 13.0 Å². The third-order valence-electron chi connectivity index (χ3n) is 2.80. The SMILES string of the molecule is O=C(O)Cc1ccc(SCCN2C(=O)CNC2=O)cc1. The number of benzene rings is 1. The molecule has 1 saturated heterocycles. The van der Waals surface area contributed by atoms with Gasteiger partial charge in [-0.2, -0.15) is 0 Å². The van der Waals surface area contributed by atoms with Gasteiger partial charge >= 0.3 is 12.0 Å². The number of carboxylic acid groups (broad SMARTS) is 1. The molecule has 1 heterocycles. The van der Waals surface area contributed by atoms with Crippen LogP contribution in [-0.2, 0) is 16.0 Å². The van der Waals surface area contributed by atoms with Crippen LogP contribution < -0.4 is 5.32 Å². The van der Waals surface area contributed by atoms with Crippen molar-refractivity contribution in [1.82, 2.24) is 10.2 Å². The normalized spacial score (nSPS) is 14.5. The number of carbonyl (C=O) groups excluding carboxylic acids is 2. The lowest BCUT2D eigenvalue weighted by Crippen LogP contribution is -2.32. The number of carbonyl (C=O) groups is 3. The van der Waals surface area contributed by atoms with Crippen LogP contribution in [0.3, 0.4) is 0 Å². The average molecular weight is 294 g/mol. The third-order valence-corrected chi connectivity index (χ3v) is 3.79. The van der Waals surface area contributed by atoms with Gasteiger partial charge in [0, 0.05) is 17.2 Å². The molecular weight excluding hydrogens is 280 g/mol. The molecule has 0 aliphatic carbocycles. The monoisotopic (exact) mass is 294 g/mol. The van der Waals surface area contributed by atoms with Gasteiger partial charge in [-0.15, -0.1) is 11.8 Å². The summed E-state index contributed by atoms with van der Waals surface area (Å²) >= 11 is 1.52. The summed E-state index contributed by atoms with van der Waals surface area (Å²) in [5.74, 6) is -0.450. The highest BCUT2D eigenvalue weighted by atomic mass is 32.2. The second-order valence-corrected chi connectivity index (χ2v) is 5.44. The van der Waals surface area contributed by atoms with E-state index in [-0.39, 0.29) is 24.9 Å².